The third kappa shape index (κ3) is 8.69. The van der Waals surface area contributed by atoms with Crippen LogP contribution in [0.25, 0.3) is 133 Å². The highest BCUT2D eigenvalue weighted by molar-refractivity contribution is 9.10. The lowest BCUT2D eigenvalue weighted by Gasteiger charge is -2.32. The number of hydrogen-bond donors (Lipinski definition) is 0. The first-order chi connectivity index (χ1) is 45.1. The summed E-state index contributed by atoms with van der Waals surface area (Å²) >= 11 is 3.68. The van der Waals surface area contributed by atoms with Gasteiger partial charge in [0.1, 0.15) is 0 Å². The predicted molar refractivity (Wildman–Crippen MR) is 383 cm³/mol. The fourth-order valence-corrected chi connectivity index (χ4v) is 14.3. The van der Waals surface area contributed by atoms with Crippen LogP contribution in [0.3, 0.4) is 0 Å². The van der Waals surface area contributed by atoms with Crippen molar-refractivity contribution in [2.24, 2.45) is 0 Å². The van der Waals surface area contributed by atoms with Gasteiger partial charge in [0.2, 0.25) is 11.6 Å². The molecule has 6 aromatic heterocycles. The molecule has 0 atom stereocenters. The molecule has 19 rings (SSSR count). The van der Waals surface area contributed by atoms with E-state index in [4.69, 9.17) is 19.3 Å². The molecule has 0 saturated carbocycles. The fourth-order valence-electron chi connectivity index (χ4n) is 13.8. The van der Waals surface area contributed by atoms with E-state index < -0.39 is 7.12 Å². The van der Waals surface area contributed by atoms with Crippen molar-refractivity contribution in [1.29, 1.82) is 0 Å². The van der Waals surface area contributed by atoms with Crippen LogP contribution in [0.15, 0.2) is 296 Å². The van der Waals surface area contributed by atoms with E-state index in [1.807, 2.05) is 18.2 Å². The second-order valence-corrected chi connectivity index (χ2v) is 25.3. The van der Waals surface area contributed by atoms with Crippen LogP contribution in [0, 0.1) is 0 Å². The average Bonchev–Trinajstić information content (AvgIpc) is 1.58. The molecule has 0 N–H and O–H groups in total. The van der Waals surface area contributed by atoms with Crippen molar-refractivity contribution in [3.05, 3.63) is 296 Å². The molecule has 0 spiro atoms. The Balaban J connectivity index is 0.000000111. The molecular formula is C80H60BBrN8O2. The lowest BCUT2D eigenvalue weighted by molar-refractivity contribution is 0.00578. The van der Waals surface area contributed by atoms with Crippen LogP contribution < -0.4 is 5.46 Å². The monoisotopic (exact) mass is 1250 g/mol. The smallest absolute Gasteiger partial charge is 0.399 e. The van der Waals surface area contributed by atoms with Crippen LogP contribution in [0.4, 0.5) is 0 Å². The average molecular weight is 1260 g/mol. The quantitative estimate of drug-likeness (QED) is 0.156. The maximum absolute atomic E-state index is 6.38. The van der Waals surface area contributed by atoms with Gasteiger partial charge < -0.3 is 18.4 Å². The van der Waals surface area contributed by atoms with Gasteiger partial charge in [0.25, 0.3) is 0 Å². The molecule has 12 heteroatoms. The fraction of sp³-hybridized carbons (Fsp3) is 0.0750. The molecule has 10 nitrogen and oxygen atoms in total. The molecule has 18 aromatic rings. The summed E-state index contributed by atoms with van der Waals surface area (Å²) in [6.07, 6.45) is 0. The van der Waals surface area contributed by atoms with Crippen LogP contribution >= 0.6 is 15.9 Å². The van der Waals surface area contributed by atoms with E-state index in [1.165, 1.54) is 49.2 Å². The maximum atomic E-state index is 6.38. The summed E-state index contributed by atoms with van der Waals surface area (Å²) in [5, 5.41) is 5.02. The normalized spacial score (nSPS) is 13.8. The number of nitrogens with zero attached hydrogens (tertiary/aromatic N) is 8. The van der Waals surface area contributed by atoms with Gasteiger partial charge in [-0.05, 0) is 147 Å². The van der Waals surface area contributed by atoms with Gasteiger partial charge >= 0.3 is 7.12 Å². The number of imidazole rings is 4. The van der Waals surface area contributed by atoms with E-state index in [-0.39, 0.29) is 11.2 Å². The third-order valence-corrected chi connectivity index (χ3v) is 19.4. The van der Waals surface area contributed by atoms with E-state index in [0.29, 0.717) is 0 Å². The minimum atomic E-state index is -0.402. The molecule has 1 fully saturated rings. The van der Waals surface area contributed by atoms with Crippen LogP contribution in [0.5, 0.6) is 0 Å². The molecule has 1 aliphatic heterocycles. The molecular weight excluding hydrogens is 1200 g/mol. The molecule has 0 bridgehead atoms. The summed E-state index contributed by atoms with van der Waals surface area (Å²) in [6.45, 7) is 8.37. The van der Waals surface area contributed by atoms with Gasteiger partial charge in [0.15, 0.2) is 0 Å². The van der Waals surface area contributed by atoms with Gasteiger partial charge in [-0.1, -0.05) is 188 Å². The Morgan fingerprint density at radius 2 is 0.598 bits per heavy atom. The Labute approximate surface area is 539 Å². The zero-order valence-electron chi connectivity index (χ0n) is 51.1. The van der Waals surface area contributed by atoms with Crippen molar-refractivity contribution in [2.45, 2.75) is 38.9 Å². The second-order valence-electron chi connectivity index (χ2n) is 24.5. The van der Waals surface area contributed by atoms with Crippen molar-refractivity contribution in [1.82, 2.24) is 37.0 Å². The van der Waals surface area contributed by atoms with Crippen LogP contribution in [0.2, 0.25) is 0 Å². The lowest BCUT2D eigenvalue weighted by Crippen LogP contribution is -2.41. The summed E-state index contributed by atoms with van der Waals surface area (Å²) < 4.78 is 27.6. The summed E-state index contributed by atoms with van der Waals surface area (Å²) in [4.78, 5) is 10.0. The summed E-state index contributed by atoms with van der Waals surface area (Å²) in [5.41, 5.74) is 20.7. The van der Waals surface area contributed by atoms with E-state index in [1.54, 1.807) is 0 Å². The number of rotatable bonds is 6. The predicted octanol–water partition coefficient (Wildman–Crippen LogP) is 19.5. The highest BCUT2D eigenvalue weighted by atomic mass is 79.9. The Bertz CT molecular complexity index is 5800. The van der Waals surface area contributed by atoms with Gasteiger partial charge in [-0.2, -0.15) is 0 Å². The largest absolute Gasteiger partial charge is 0.496 e. The van der Waals surface area contributed by atoms with E-state index >= 15 is 0 Å². The van der Waals surface area contributed by atoms with Crippen molar-refractivity contribution < 1.29 is 9.31 Å². The SMILES string of the molecule is Brc1ccccc1-n1c2ccccc2n2c3ccccc3nc12.CC1(C)OB(c2ccccc2-n2c3ccccc3c3ccccc32)OC1(C)C.c1ccc(-n2c3ccccc3c3ccccc32)c(-c2ccccc2-n2c3ccccc3n3c4ccccc4nc23)c1. The molecule has 92 heavy (non-hydrogen) atoms. The number of benzene rings is 12. The molecule has 442 valence electrons. The maximum Gasteiger partial charge on any atom is 0.496 e. The second kappa shape index (κ2) is 21.7. The van der Waals surface area contributed by atoms with Gasteiger partial charge in [0.05, 0.1) is 94.5 Å². The van der Waals surface area contributed by atoms with Crippen LogP contribution in [-0.4, -0.2) is 55.4 Å². The van der Waals surface area contributed by atoms with Gasteiger partial charge in [-0.3, -0.25) is 17.9 Å². The first-order valence-electron chi connectivity index (χ1n) is 31.2. The van der Waals surface area contributed by atoms with Gasteiger partial charge in [0, 0.05) is 48.3 Å². The summed E-state index contributed by atoms with van der Waals surface area (Å²) in [5.74, 6) is 1.84. The standard InChI is InChI=1S/C37H24N4.C24H24BNO2.C19H12BrN3/c1-6-18-30-25(13-1)26-14-2-7-19-31(26)39(30)32-20-8-3-15-27(32)28-16-4-9-21-33(28)40-35-23-11-12-24-36(35)41-34-22-10-5-17-29(34)38-37(40)41;1-23(2)24(3,4)28-25(27-23)19-13-7-10-16-22(19)26-20-14-8-5-11-17(20)18-12-6-9-15-21(18)26;20-13-7-1-3-9-15(13)22-17-11-5-6-12-18(17)23-16-10-4-2-8-14(16)21-19(22)23/h1-24H;5-16H,1-4H3;1-12H. The highest BCUT2D eigenvalue weighted by Gasteiger charge is 2.52. The summed E-state index contributed by atoms with van der Waals surface area (Å²) in [6, 6.07) is 102. The zero-order chi connectivity index (χ0) is 61.8. The minimum absolute atomic E-state index is 0.369. The Kier molecular flexibility index (Phi) is 13.1. The number of hydrogen-bond acceptors (Lipinski definition) is 4. The first-order valence-corrected chi connectivity index (χ1v) is 32.0. The zero-order valence-corrected chi connectivity index (χ0v) is 52.6. The van der Waals surface area contributed by atoms with Crippen molar-refractivity contribution in [3.63, 3.8) is 0 Å². The van der Waals surface area contributed by atoms with E-state index in [2.05, 4.69) is 344 Å². The molecule has 1 aliphatic rings. The van der Waals surface area contributed by atoms with Crippen molar-refractivity contribution in [3.8, 4) is 33.9 Å². The highest BCUT2D eigenvalue weighted by Crippen LogP contribution is 2.42. The molecule has 0 amide bonds. The number of para-hydroxylation sites is 16. The molecule has 7 heterocycles. The van der Waals surface area contributed by atoms with Gasteiger partial charge in [-0.15, -0.1) is 0 Å². The van der Waals surface area contributed by atoms with Crippen LogP contribution in [0.1, 0.15) is 27.7 Å². The topological polar surface area (TPSA) is 72.8 Å². The molecule has 0 unspecified atom stereocenters. The Hall–Kier alpha value is -10.8. The van der Waals surface area contributed by atoms with E-state index in [9.17, 15) is 0 Å². The molecule has 12 aromatic carbocycles. The van der Waals surface area contributed by atoms with Crippen molar-refractivity contribution in [2.75, 3.05) is 0 Å². The van der Waals surface area contributed by atoms with Crippen molar-refractivity contribution >= 4 is 128 Å². The number of fused-ring (bicyclic) bond motifs is 16. The van der Waals surface area contributed by atoms with Crippen LogP contribution in [-0.2, 0) is 9.31 Å². The lowest BCUT2D eigenvalue weighted by atomic mass is 9.77. The minimum Gasteiger partial charge on any atom is -0.399 e. The molecule has 0 radical (unpaired) electrons. The molecule has 0 aliphatic carbocycles. The Morgan fingerprint density at radius 3 is 1.04 bits per heavy atom. The van der Waals surface area contributed by atoms with Gasteiger partial charge in [-0.25, -0.2) is 9.97 Å². The Morgan fingerprint density at radius 1 is 0.293 bits per heavy atom. The number of halogens is 1. The summed E-state index contributed by atoms with van der Waals surface area (Å²) in [7, 11) is -0.402. The van der Waals surface area contributed by atoms with E-state index in [0.717, 1.165) is 93.9 Å². The number of aromatic nitrogens is 8. The third-order valence-electron chi connectivity index (χ3n) is 18.7. The first kappa shape index (κ1) is 55.3. The molecule has 1 saturated heterocycles.